The number of carboxylic acids is 1. The van der Waals surface area contributed by atoms with Gasteiger partial charge in [-0.2, -0.15) is 0 Å². The fraction of sp³-hybridized carbons (Fsp3) is 0.500. The smallest absolute Gasteiger partial charge is 0.335 e. The van der Waals surface area contributed by atoms with Gasteiger partial charge in [-0.05, 0) is 18.6 Å². The molecule has 0 saturated carbocycles. The number of thioether (sulfide) groups is 1. The number of carbonyl (C=O) groups is 1. The van der Waals surface area contributed by atoms with Crippen molar-refractivity contribution in [2.24, 2.45) is 0 Å². The molecule has 0 unspecified atom stereocenters. The van der Waals surface area contributed by atoms with Gasteiger partial charge in [0.1, 0.15) is 0 Å². The van der Waals surface area contributed by atoms with Crippen LogP contribution in [0.1, 0.15) is 16.8 Å². The van der Waals surface area contributed by atoms with Crippen LogP contribution in [0.15, 0.2) is 23.4 Å². The molecule has 0 aliphatic heterocycles. The Balaban J connectivity index is 2.19. The van der Waals surface area contributed by atoms with E-state index in [9.17, 15) is 4.79 Å². The van der Waals surface area contributed by atoms with Crippen LogP contribution in [-0.2, 0) is 9.47 Å². The first-order valence-corrected chi connectivity index (χ1v) is 6.61. The highest BCUT2D eigenvalue weighted by Crippen LogP contribution is 2.17. The van der Waals surface area contributed by atoms with Crippen molar-refractivity contribution in [3.8, 4) is 0 Å². The molecule has 0 aliphatic rings. The Morgan fingerprint density at radius 1 is 1.44 bits per heavy atom. The normalized spacial score (nSPS) is 10.5. The summed E-state index contributed by atoms with van der Waals surface area (Å²) in [6.45, 7) is 1.89. The average molecular weight is 271 g/mol. The highest BCUT2D eigenvalue weighted by Gasteiger charge is 2.04. The van der Waals surface area contributed by atoms with Crippen molar-refractivity contribution < 1.29 is 19.4 Å². The SMILES string of the molecule is COCCOCCCSc1cc(C(=O)O)ccn1. The number of aromatic carboxylic acids is 1. The highest BCUT2D eigenvalue weighted by molar-refractivity contribution is 7.99. The van der Waals surface area contributed by atoms with Crippen molar-refractivity contribution in [3.05, 3.63) is 23.9 Å². The molecule has 6 heteroatoms. The maximum absolute atomic E-state index is 10.8. The summed E-state index contributed by atoms with van der Waals surface area (Å²) in [5.41, 5.74) is 0.267. The lowest BCUT2D eigenvalue weighted by Gasteiger charge is -2.03. The number of aromatic nitrogens is 1. The molecule has 1 aromatic rings. The summed E-state index contributed by atoms with van der Waals surface area (Å²) in [7, 11) is 1.64. The molecule has 0 saturated heterocycles. The van der Waals surface area contributed by atoms with Crippen molar-refractivity contribution in [1.82, 2.24) is 4.98 Å². The van der Waals surface area contributed by atoms with E-state index in [1.807, 2.05) is 0 Å². The average Bonchev–Trinajstić information content (AvgIpc) is 2.38. The van der Waals surface area contributed by atoms with Crippen LogP contribution >= 0.6 is 11.8 Å². The number of methoxy groups -OCH3 is 1. The fourth-order valence-corrected chi connectivity index (χ4v) is 2.02. The molecule has 0 bridgehead atoms. The Labute approximate surface area is 111 Å². The largest absolute Gasteiger partial charge is 0.478 e. The molecule has 1 N–H and O–H groups in total. The summed E-state index contributed by atoms with van der Waals surface area (Å²) in [6, 6.07) is 3.07. The fourth-order valence-electron chi connectivity index (χ4n) is 1.20. The molecular weight excluding hydrogens is 254 g/mol. The second-order valence-electron chi connectivity index (χ2n) is 3.50. The zero-order valence-electron chi connectivity index (χ0n) is 10.3. The number of ether oxygens (including phenoxy) is 2. The Morgan fingerprint density at radius 3 is 3.00 bits per heavy atom. The summed E-state index contributed by atoms with van der Waals surface area (Å²) in [5, 5.41) is 9.56. The van der Waals surface area contributed by atoms with Crippen LogP contribution in [0.3, 0.4) is 0 Å². The van der Waals surface area contributed by atoms with Gasteiger partial charge in [0, 0.05) is 25.7 Å². The van der Waals surface area contributed by atoms with Gasteiger partial charge in [-0.1, -0.05) is 0 Å². The molecule has 0 fully saturated rings. The number of hydrogen-bond acceptors (Lipinski definition) is 5. The molecule has 0 radical (unpaired) electrons. The Morgan fingerprint density at radius 2 is 2.28 bits per heavy atom. The van der Waals surface area contributed by atoms with E-state index in [4.69, 9.17) is 14.6 Å². The second-order valence-corrected chi connectivity index (χ2v) is 4.61. The van der Waals surface area contributed by atoms with Gasteiger partial charge in [-0.3, -0.25) is 0 Å². The van der Waals surface area contributed by atoms with E-state index in [2.05, 4.69) is 4.98 Å². The Kier molecular flexibility index (Phi) is 7.40. The molecule has 1 aromatic heterocycles. The number of carboxylic acid groups (broad SMARTS) is 1. The van der Waals surface area contributed by atoms with Crippen LogP contribution in [0.4, 0.5) is 0 Å². The van der Waals surface area contributed by atoms with E-state index in [-0.39, 0.29) is 5.56 Å². The van der Waals surface area contributed by atoms with Gasteiger partial charge >= 0.3 is 5.97 Å². The lowest BCUT2D eigenvalue weighted by molar-refractivity contribution is 0.0696. The van der Waals surface area contributed by atoms with Crippen molar-refractivity contribution in [3.63, 3.8) is 0 Å². The van der Waals surface area contributed by atoms with E-state index < -0.39 is 5.97 Å². The highest BCUT2D eigenvalue weighted by atomic mass is 32.2. The maximum Gasteiger partial charge on any atom is 0.335 e. The summed E-state index contributed by atoms with van der Waals surface area (Å²) in [6.07, 6.45) is 2.41. The molecule has 1 rings (SSSR count). The maximum atomic E-state index is 10.8. The lowest BCUT2D eigenvalue weighted by Crippen LogP contribution is -2.03. The van der Waals surface area contributed by atoms with Crippen LogP contribution in [0.25, 0.3) is 0 Å². The number of nitrogens with zero attached hydrogens (tertiary/aromatic N) is 1. The minimum Gasteiger partial charge on any atom is -0.478 e. The molecule has 5 nitrogen and oxygen atoms in total. The third-order valence-corrected chi connectivity index (χ3v) is 3.11. The van der Waals surface area contributed by atoms with Crippen molar-refractivity contribution in [2.45, 2.75) is 11.4 Å². The lowest BCUT2D eigenvalue weighted by atomic mass is 10.3. The van der Waals surface area contributed by atoms with Crippen LogP contribution in [0.2, 0.25) is 0 Å². The minimum atomic E-state index is -0.929. The predicted octanol–water partition coefficient (Wildman–Crippen LogP) is 1.93. The van der Waals surface area contributed by atoms with E-state index >= 15 is 0 Å². The number of hydrogen-bond donors (Lipinski definition) is 1. The first-order chi connectivity index (χ1) is 8.74. The third kappa shape index (κ3) is 6.00. The van der Waals surface area contributed by atoms with Crippen LogP contribution in [0.5, 0.6) is 0 Å². The number of rotatable bonds is 9. The summed E-state index contributed by atoms with van der Waals surface area (Å²) >= 11 is 1.53. The van der Waals surface area contributed by atoms with Gasteiger partial charge in [0.05, 0.1) is 23.8 Å². The van der Waals surface area contributed by atoms with E-state index in [0.717, 1.165) is 17.2 Å². The molecule has 0 spiro atoms. The van der Waals surface area contributed by atoms with Gasteiger partial charge in [0.25, 0.3) is 0 Å². The van der Waals surface area contributed by atoms with Crippen LogP contribution in [0, 0.1) is 0 Å². The predicted molar refractivity (Wildman–Crippen MR) is 69.2 cm³/mol. The van der Waals surface area contributed by atoms with Crippen molar-refractivity contribution >= 4 is 17.7 Å². The van der Waals surface area contributed by atoms with Crippen LogP contribution in [-0.4, -0.2) is 48.7 Å². The van der Waals surface area contributed by atoms with Crippen molar-refractivity contribution in [2.75, 3.05) is 32.7 Å². The molecule has 100 valence electrons. The molecule has 0 atom stereocenters. The van der Waals surface area contributed by atoms with Crippen LogP contribution < -0.4 is 0 Å². The van der Waals surface area contributed by atoms with Gasteiger partial charge in [0.2, 0.25) is 0 Å². The Hall–Kier alpha value is -1.11. The quantitative estimate of drug-likeness (QED) is 0.546. The molecular formula is C12H17NO4S. The topological polar surface area (TPSA) is 68.7 Å². The standard InChI is InChI=1S/C12H17NO4S/c1-16-6-7-17-5-2-8-18-11-9-10(12(14)15)3-4-13-11/h3-4,9H,2,5-8H2,1H3,(H,14,15). The third-order valence-electron chi connectivity index (χ3n) is 2.10. The monoisotopic (exact) mass is 271 g/mol. The van der Waals surface area contributed by atoms with Gasteiger partial charge < -0.3 is 14.6 Å². The first kappa shape index (κ1) is 14.9. The van der Waals surface area contributed by atoms with E-state index in [1.54, 1.807) is 13.2 Å². The minimum absolute atomic E-state index is 0.267. The molecule has 0 aliphatic carbocycles. The number of pyridine rings is 1. The van der Waals surface area contributed by atoms with Gasteiger partial charge in [-0.25, -0.2) is 9.78 Å². The van der Waals surface area contributed by atoms with Crippen molar-refractivity contribution in [1.29, 1.82) is 0 Å². The molecule has 1 heterocycles. The summed E-state index contributed by atoms with van der Waals surface area (Å²) in [5.74, 6) is -0.0783. The van der Waals surface area contributed by atoms with Gasteiger partial charge in [0.15, 0.2) is 0 Å². The zero-order valence-corrected chi connectivity index (χ0v) is 11.1. The first-order valence-electron chi connectivity index (χ1n) is 5.63. The van der Waals surface area contributed by atoms with Gasteiger partial charge in [-0.15, -0.1) is 11.8 Å². The molecule has 18 heavy (non-hydrogen) atoms. The second kappa shape index (κ2) is 8.91. The summed E-state index contributed by atoms with van der Waals surface area (Å²) < 4.78 is 10.2. The summed E-state index contributed by atoms with van der Waals surface area (Å²) in [4.78, 5) is 14.9. The van der Waals surface area contributed by atoms with E-state index in [1.165, 1.54) is 24.0 Å². The Bertz CT molecular complexity index is 373. The van der Waals surface area contributed by atoms with E-state index in [0.29, 0.717) is 19.8 Å². The molecule has 0 aromatic carbocycles. The zero-order chi connectivity index (χ0) is 13.2. The molecule has 0 amide bonds.